The summed E-state index contributed by atoms with van der Waals surface area (Å²) in [6.07, 6.45) is 5.94. The molecule has 3 aliphatic rings. The Kier molecular flexibility index (Phi) is 6.04. The Hall–Kier alpha value is -2.15. The fraction of sp³-hybridized carbons (Fsp3) is 0.636. The third-order valence-corrected chi connectivity index (χ3v) is 6.68. The van der Waals surface area contributed by atoms with Crippen LogP contribution in [0.25, 0.3) is 0 Å². The molecular weight excluding hydrogens is 371 g/mol. The van der Waals surface area contributed by atoms with Crippen molar-refractivity contribution in [3.8, 4) is 0 Å². The predicted molar refractivity (Wildman–Crippen MR) is 111 cm³/mol. The highest BCUT2D eigenvalue weighted by Gasteiger charge is 2.29. The average molecular weight is 403 g/mol. The number of nitrogens with zero attached hydrogens (tertiary/aromatic N) is 2. The Balaban J connectivity index is 1.33. The van der Waals surface area contributed by atoms with Crippen LogP contribution in [-0.2, 0) is 9.59 Å². The van der Waals surface area contributed by atoms with E-state index in [-0.39, 0.29) is 17.6 Å². The van der Waals surface area contributed by atoms with E-state index in [1.807, 2.05) is 6.07 Å². The standard InChI is InChI=1S/C22H31FN4O2/c1-15-2-5-17(6-3-15)26-10-12-27(13-11-26)20-8-4-16(14-18(20)23)24-19-7-9-21(28)25-22(19)29/h4,8,14-15,17,19,24H,2-3,5-7,9-13H2,1H3,(H,25,28,29). The predicted octanol–water partition coefficient (Wildman–Crippen LogP) is 2.74. The van der Waals surface area contributed by atoms with Crippen molar-refractivity contribution in [3.05, 3.63) is 24.0 Å². The second-order valence-corrected chi connectivity index (χ2v) is 8.75. The van der Waals surface area contributed by atoms with Crippen LogP contribution >= 0.6 is 0 Å². The third-order valence-electron chi connectivity index (χ3n) is 6.68. The monoisotopic (exact) mass is 402 g/mol. The lowest BCUT2D eigenvalue weighted by Gasteiger charge is -2.42. The molecule has 2 saturated heterocycles. The van der Waals surface area contributed by atoms with E-state index in [9.17, 15) is 14.0 Å². The molecule has 1 atom stereocenters. The molecule has 1 aromatic rings. The number of rotatable bonds is 4. The third kappa shape index (κ3) is 4.71. The van der Waals surface area contributed by atoms with Gasteiger partial charge < -0.3 is 10.2 Å². The van der Waals surface area contributed by atoms with Crippen molar-refractivity contribution < 1.29 is 14.0 Å². The van der Waals surface area contributed by atoms with Crippen molar-refractivity contribution >= 4 is 23.2 Å². The van der Waals surface area contributed by atoms with Gasteiger partial charge in [-0.25, -0.2) is 4.39 Å². The van der Waals surface area contributed by atoms with Gasteiger partial charge in [-0.3, -0.25) is 19.8 Å². The Morgan fingerprint density at radius 2 is 1.76 bits per heavy atom. The van der Waals surface area contributed by atoms with Crippen LogP contribution in [0.15, 0.2) is 18.2 Å². The Morgan fingerprint density at radius 3 is 2.41 bits per heavy atom. The summed E-state index contributed by atoms with van der Waals surface area (Å²) in [5, 5.41) is 5.36. The summed E-state index contributed by atoms with van der Waals surface area (Å²) in [6.45, 7) is 5.98. The van der Waals surface area contributed by atoms with Gasteiger partial charge in [0.15, 0.2) is 0 Å². The van der Waals surface area contributed by atoms with E-state index in [2.05, 4.69) is 27.4 Å². The molecule has 2 aliphatic heterocycles. The lowest BCUT2D eigenvalue weighted by molar-refractivity contribution is -0.133. The van der Waals surface area contributed by atoms with Gasteiger partial charge in [-0.1, -0.05) is 6.92 Å². The quantitative estimate of drug-likeness (QED) is 0.759. The number of carbonyl (C=O) groups excluding carboxylic acids is 2. The molecular formula is C22H31FN4O2. The summed E-state index contributed by atoms with van der Waals surface area (Å²) in [6, 6.07) is 5.25. The van der Waals surface area contributed by atoms with Crippen LogP contribution in [0.3, 0.4) is 0 Å². The number of anilines is 2. The Labute approximate surface area is 171 Å². The van der Waals surface area contributed by atoms with Crippen molar-refractivity contribution in [2.24, 2.45) is 5.92 Å². The Bertz CT molecular complexity index is 755. The van der Waals surface area contributed by atoms with Crippen LogP contribution in [-0.4, -0.2) is 55.0 Å². The molecule has 2 heterocycles. The number of carbonyl (C=O) groups is 2. The minimum absolute atomic E-state index is 0.253. The second-order valence-electron chi connectivity index (χ2n) is 8.75. The molecule has 1 aliphatic carbocycles. The maximum Gasteiger partial charge on any atom is 0.249 e. The molecule has 4 rings (SSSR count). The van der Waals surface area contributed by atoms with Crippen molar-refractivity contribution in [2.45, 2.75) is 57.5 Å². The number of hydrogen-bond donors (Lipinski definition) is 2. The molecule has 0 radical (unpaired) electrons. The molecule has 0 bridgehead atoms. The summed E-state index contributed by atoms with van der Waals surface area (Å²) >= 11 is 0. The zero-order valence-corrected chi connectivity index (χ0v) is 17.1. The first-order valence-corrected chi connectivity index (χ1v) is 10.9. The van der Waals surface area contributed by atoms with Gasteiger partial charge in [0.05, 0.1) is 5.69 Å². The fourth-order valence-corrected chi connectivity index (χ4v) is 4.82. The molecule has 3 fully saturated rings. The lowest BCUT2D eigenvalue weighted by atomic mass is 9.86. The van der Waals surface area contributed by atoms with Crippen molar-refractivity contribution in [1.29, 1.82) is 0 Å². The molecule has 158 valence electrons. The summed E-state index contributed by atoms with van der Waals surface area (Å²) in [7, 11) is 0. The van der Waals surface area contributed by atoms with Crippen LogP contribution in [0.2, 0.25) is 0 Å². The number of amides is 2. The van der Waals surface area contributed by atoms with E-state index in [4.69, 9.17) is 0 Å². The number of piperazine rings is 1. The van der Waals surface area contributed by atoms with E-state index in [0.717, 1.165) is 32.1 Å². The summed E-state index contributed by atoms with van der Waals surface area (Å²) in [5.41, 5.74) is 1.19. The molecule has 1 saturated carbocycles. The van der Waals surface area contributed by atoms with Crippen LogP contribution in [0.5, 0.6) is 0 Å². The van der Waals surface area contributed by atoms with Crippen LogP contribution in [0, 0.1) is 11.7 Å². The van der Waals surface area contributed by atoms with Gasteiger partial charge >= 0.3 is 0 Å². The van der Waals surface area contributed by atoms with Gasteiger partial charge in [0.2, 0.25) is 11.8 Å². The van der Waals surface area contributed by atoms with Gasteiger partial charge in [0.1, 0.15) is 11.9 Å². The van der Waals surface area contributed by atoms with Crippen LogP contribution < -0.4 is 15.5 Å². The minimum Gasteiger partial charge on any atom is -0.374 e. The summed E-state index contributed by atoms with van der Waals surface area (Å²) in [4.78, 5) is 27.8. The number of hydrogen-bond acceptors (Lipinski definition) is 5. The molecule has 1 aromatic carbocycles. The normalized spacial score (nSPS) is 28.9. The SMILES string of the molecule is CC1CCC(N2CCN(c3ccc(NC4CCC(=O)NC4=O)cc3F)CC2)CC1. The zero-order valence-electron chi connectivity index (χ0n) is 17.1. The van der Waals surface area contributed by atoms with Gasteiger partial charge in [0.25, 0.3) is 0 Å². The van der Waals surface area contributed by atoms with Crippen molar-refractivity contribution in [2.75, 3.05) is 36.4 Å². The molecule has 0 spiro atoms. The summed E-state index contributed by atoms with van der Waals surface area (Å²) in [5.74, 6) is -0.0217. The molecule has 29 heavy (non-hydrogen) atoms. The van der Waals surface area contributed by atoms with E-state index in [1.54, 1.807) is 6.07 Å². The summed E-state index contributed by atoms with van der Waals surface area (Å²) < 4.78 is 14.8. The number of imide groups is 1. The first-order chi connectivity index (χ1) is 14.0. The topological polar surface area (TPSA) is 64.7 Å². The first kappa shape index (κ1) is 20.1. The molecule has 2 amide bonds. The first-order valence-electron chi connectivity index (χ1n) is 10.9. The molecule has 7 heteroatoms. The maximum atomic E-state index is 14.8. The van der Waals surface area contributed by atoms with Crippen molar-refractivity contribution in [1.82, 2.24) is 10.2 Å². The van der Waals surface area contributed by atoms with E-state index in [1.165, 1.54) is 31.7 Å². The second kappa shape index (κ2) is 8.69. The lowest BCUT2D eigenvalue weighted by Crippen LogP contribution is -2.51. The smallest absolute Gasteiger partial charge is 0.249 e. The fourth-order valence-electron chi connectivity index (χ4n) is 4.82. The number of halogens is 1. The average Bonchev–Trinajstić information content (AvgIpc) is 2.71. The minimum atomic E-state index is -0.500. The number of piperidine rings is 1. The van der Waals surface area contributed by atoms with E-state index >= 15 is 0 Å². The van der Waals surface area contributed by atoms with E-state index < -0.39 is 6.04 Å². The highest BCUT2D eigenvalue weighted by molar-refractivity contribution is 6.01. The van der Waals surface area contributed by atoms with Gasteiger partial charge in [0, 0.05) is 44.3 Å². The van der Waals surface area contributed by atoms with Crippen molar-refractivity contribution in [3.63, 3.8) is 0 Å². The van der Waals surface area contributed by atoms with Gasteiger partial charge in [-0.15, -0.1) is 0 Å². The Morgan fingerprint density at radius 1 is 1.03 bits per heavy atom. The molecule has 1 unspecified atom stereocenters. The van der Waals surface area contributed by atoms with Crippen LogP contribution in [0.1, 0.15) is 45.4 Å². The largest absolute Gasteiger partial charge is 0.374 e. The molecule has 2 N–H and O–H groups in total. The molecule has 0 aromatic heterocycles. The number of nitrogens with one attached hydrogen (secondary N) is 2. The molecule has 6 nitrogen and oxygen atoms in total. The highest BCUT2D eigenvalue weighted by atomic mass is 19.1. The number of benzene rings is 1. The van der Waals surface area contributed by atoms with Gasteiger partial charge in [-0.2, -0.15) is 0 Å². The van der Waals surface area contributed by atoms with Crippen LogP contribution in [0.4, 0.5) is 15.8 Å². The maximum absolute atomic E-state index is 14.8. The van der Waals surface area contributed by atoms with Gasteiger partial charge in [-0.05, 0) is 56.2 Å². The van der Waals surface area contributed by atoms with E-state index in [0.29, 0.717) is 30.3 Å². The highest BCUT2D eigenvalue weighted by Crippen LogP contribution is 2.29. The zero-order chi connectivity index (χ0) is 20.4.